The molecule has 1 fully saturated rings. The van der Waals surface area contributed by atoms with Crippen molar-refractivity contribution in [1.82, 2.24) is 25.1 Å². The van der Waals surface area contributed by atoms with Crippen molar-refractivity contribution in [2.45, 2.75) is 49.7 Å². The molecule has 0 aliphatic heterocycles. The average Bonchev–Trinajstić information content (AvgIpc) is 3.27. The van der Waals surface area contributed by atoms with E-state index in [1.165, 1.54) is 31.9 Å². The first-order valence-corrected chi connectivity index (χ1v) is 10.2. The Morgan fingerprint density at radius 1 is 1.40 bits per heavy atom. The van der Waals surface area contributed by atoms with Gasteiger partial charge in [-0.2, -0.15) is 0 Å². The average molecular weight is 380 g/mol. The molecule has 3 rings (SSSR count). The standard InChI is InChI=1S/C17H22ClN5OS/c1-25-17-22-21-15(23(17)13-5-2-3-6-13)7-4-9-20-16(24)12-8-10-19-14(18)11-12/h8,10-11,13H,2-7,9H2,1H3,(H,20,24). The third-order valence-electron chi connectivity index (χ3n) is 4.46. The first-order valence-electron chi connectivity index (χ1n) is 8.56. The number of rotatable bonds is 7. The fourth-order valence-corrected chi connectivity index (χ4v) is 3.99. The van der Waals surface area contributed by atoms with E-state index >= 15 is 0 Å². The van der Waals surface area contributed by atoms with Crippen LogP contribution in [0.3, 0.4) is 0 Å². The Balaban J connectivity index is 1.54. The Labute approximate surface area is 156 Å². The van der Waals surface area contributed by atoms with E-state index in [2.05, 4.69) is 25.1 Å². The normalized spacial score (nSPS) is 14.8. The summed E-state index contributed by atoms with van der Waals surface area (Å²) in [5.74, 6) is 0.892. The molecule has 0 aromatic carbocycles. The highest BCUT2D eigenvalue weighted by molar-refractivity contribution is 7.98. The van der Waals surface area contributed by atoms with Gasteiger partial charge < -0.3 is 9.88 Å². The molecule has 2 heterocycles. The summed E-state index contributed by atoms with van der Waals surface area (Å²) in [7, 11) is 0. The van der Waals surface area contributed by atoms with Gasteiger partial charge in [-0.15, -0.1) is 10.2 Å². The van der Waals surface area contributed by atoms with E-state index in [0.29, 0.717) is 23.3 Å². The minimum Gasteiger partial charge on any atom is -0.352 e. The second-order valence-corrected chi connectivity index (χ2v) is 7.30. The molecular formula is C17H22ClN5OS. The number of hydrogen-bond acceptors (Lipinski definition) is 5. The van der Waals surface area contributed by atoms with Gasteiger partial charge >= 0.3 is 0 Å². The van der Waals surface area contributed by atoms with E-state index in [4.69, 9.17) is 11.6 Å². The van der Waals surface area contributed by atoms with Gasteiger partial charge in [-0.05, 0) is 37.7 Å². The maximum absolute atomic E-state index is 12.1. The number of carbonyl (C=O) groups excluding carboxylic acids is 1. The smallest absolute Gasteiger partial charge is 0.251 e. The van der Waals surface area contributed by atoms with E-state index in [1.807, 2.05) is 6.26 Å². The van der Waals surface area contributed by atoms with E-state index in [-0.39, 0.29) is 5.91 Å². The fraction of sp³-hybridized carbons (Fsp3) is 0.529. The van der Waals surface area contributed by atoms with Crippen LogP contribution in [0, 0.1) is 0 Å². The summed E-state index contributed by atoms with van der Waals surface area (Å²) in [4.78, 5) is 16.0. The number of nitrogens with one attached hydrogen (secondary N) is 1. The molecule has 134 valence electrons. The first-order chi connectivity index (χ1) is 12.2. The number of aryl methyl sites for hydroxylation is 1. The van der Waals surface area contributed by atoms with Crippen LogP contribution in [0.1, 0.15) is 54.3 Å². The SMILES string of the molecule is CSc1nnc(CCCNC(=O)c2ccnc(Cl)c2)n1C1CCCC1. The van der Waals surface area contributed by atoms with E-state index in [0.717, 1.165) is 23.8 Å². The van der Waals surface area contributed by atoms with Gasteiger partial charge in [0.1, 0.15) is 11.0 Å². The zero-order valence-electron chi connectivity index (χ0n) is 14.2. The summed E-state index contributed by atoms with van der Waals surface area (Å²) in [6, 6.07) is 3.75. The lowest BCUT2D eigenvalue weighted by Gasteiger charge is -2.16. The van der Waals surface area contributed by atoms with E-state index < -0.39 is 0 Å². The van der Waals surface area contributed by atoms with Crippen molar-refractivity contribution in [3.8, 4) is 0 Å². The van der Waals surface area contributed by atoms with Crippen LogP contribution >= 0.6 is 23.4 Å². The number of amides is 1. The fourth-order valence-electron chi connectivity index (χ4n) is 3.24. The highest BCUT2D eigenvalue weighted by Gasteiger charge is 2.23. The van der Waals surface area contributed by atoms with Crippen LogP contribution in [0.25, 0.3) is 0 Å². The second-order valence-electron chi connectivity index (χ2n) is 6.14. The molecule has 0 saturated heterocycles. The molecule has 0 unspecified atom stereocenters. The van der Waals surface area contributed by atoms with Crippen LogP contribution in [0.4, 0.5) is 0 Å². The molecule has 0 radical (unpaired) electrons. The molecular weight excluding hydrogens is 358 g/mol. The third kappa shape index (κ3) is 4.52. The van der Waals surface area contributed by atoms with Crippen molar-refractivity contribution < 1.29 is 4.79 Å². The number of thioether (sulfide) groups is 1. The predicted molar refractivity (Wildman–Crippen MR) is 99.2 cm³/mol. The zero-order valence-corrected chi connectivity index (χ0v) is 15.8. The summed E-state index contributed by atoms with van der Waals surface area (Å²) in [6.07, 6.45) is 10.2. The topological polar surface area (TPSA) is 72.7 Å². The summed E-state index contributed by atoms with van der Waals surface area (Å²) in [6.45, 7) is 0.588. The van der Waals surface area contributed by atoms with Crippen molar-refractivity contribution >= 4 is 29.3 Å². The van der Waals surface area contributed by atoms with Crippen LogP contribution in [-0.2, 0) is 6.42 Å². The molecule has 0 bridgehead atoms. The van der Waals surface area contributed by atoms with Gasteiger partial charge in [0.25, 0.3) is 5.91 Å². The van der Waals surface area contributed by atoms with Gasteiger partial charge in [-0.1, -0.05) is 36.2 Å². The summed E-state index contributed by atoms with van der Waals surface area (Å²) < 4.78 is 2.31. The molecule has 8 heteroatoms. The van der Waals surface area contributed by atoms with Crippen LogP contribution in [-0.4, -0.2) is 38.5 Å². The van der Waals surface area contributed by atoms with Crippen LogP contribution in [0.15, 0.2) is 23.5 Å². The van der Waals surface area contributed by atoms with E-state index in [1.54, 1.807) is 23.9 Å². The Bertz CT molecular complexity index is 730. The summed E-state index contributed by atoms with van der Waals surface area (Å²) in [5, 5.41) is 12.9. The van der Waals surface area contributed by atoms with Crippen molar-refractivity contribution in [2.75, 3.05) is 12.8 Å². The van der Waals surface area contributed by atoms with Gasteiger partial charge in [-0.3, -0.25) is 4.79 Å². The molecule has 1 aliphatic carbocycles. The Kier molecular flexibility index (Phi) is 6.31. The van der Waals surface area contributed by atoms with Gasteiger partial charge in [0.05, 0.1) is 0 Å². The lowest BCUT2D eigenvalue weighted by molar-refractivity contribution is 0.0953. The minimum atomic E-state index is -0.133. The molecule has 25 heavy (non-hydrogen) atoms. The molecule has 6 nitrogen and oxygen atoms in total. The molecule has 1 amide bonds. The molecule has 2 aromatic rings. The third-order valence-corrected chi connectivity index (χ3v) is 5.31. The number of nitrogens with zero attached hydrogens (tertiary/aromatic N) is 4. The highest BCUT2D eigenvalue weighted by Crippen LogP contribution is 2.33. The molecule has 1 aliphatic rings. The number of hydrogen-bond donors (Lipinski definition) is 1. The largest absolute Gasteiger partial charge is 0.352 e. The van der Waals surface area contributed by atoms with Crippen molar-refractivity contribution in [1.29, 1.82) is 0 Å². The van der Waals surface area contributed by atoms with Crippen LogP contribution in [0.2, 0.25) is 5.15 Å². The summed E-state index contributed by atoms with van der Waals surface area (Å²) in [5.41, 5.74) is 0.527. The highest BCUT2D eigenvalue weighted by atomic mass is 35.5. The van der Waals surface area contributed by atoms with Crippen molar-refractivity contribution in [2.24, 2.45) is 0 Å². The number of halogens is 1. The van der Waals surface area contributed by atoms with Crippen LogP contribution in [0.5, 0.6) is 0 Å². The van der Waals surface area contributed by atoms with Gasteiger partial charge in [0.15, 0.2) is 5.16 Å². The molecule has 1 saturated carbocycles. The molecule has 2 aromatic heterocycles. The predicted octanol–water partition coefficient (Wildman–Crippen LogP) is 3.53. The van der Waals surface area contributed by atoms with Gasteiger partial charge in [-0.25, -0.2) is 4.98 Å². The van der Waals surface area contributed by atoms with Gasteiger partial charge in [0, 0.05) is 30.8 Å². The maximum Gasteiger partial charge on any atom is 0.251 e. The van der Waals surface area contributed by atoms with Gasteiger partial charge in [0.2, 0.25) is 0 Å². The Morgan fingerprint density at radius 3 is 2.92 bits per heavy atom. The number of carbonyl (C=O) groups is 1. The summed E-state index contributed by atoms with van der Waals surface area (Å²) >= 11 is 7.46. The maximum atomic E-state index is 12.1. The minimum absolute atomic E-state index is 0.133. The second kappa shape index (κ2) is 8.67. The Hall–Kier alpha value is -1.60. The molecule has 0 atom stereocenters. The van der Waals surface area contributed by atoms with Crippen LogP contribution < -0.4 is 5.32 Å². The quantitative estimate of drug-likeness (QED) is 0.452. The Morgan fingerprint density at radius 2 is 2.20 bits per heavy atom. The van der Waals surface area contributed by atoms with E-state index in [9.17, 15) is 4.79 Å². The number of aromatic nitrogens is 4. The van der Waals surface area contributed by atoms with Crippen molar-refractivity contribution in [3.05, 3.63) is 34.9 Å². The monoisotopic (exact) mass is 379 g/mol. The molecule has 1 N–H and O–H groups in total. The number of pyridine rings is 1. The molecule has 0 spiro atoms. The first kappa shape index (κ1) is 18.2. The zero-order chi connectivity index (χ0) is 17.6. The lowest BCUT2D eigenvalue weighted by atomic mass is 10.2. The lowest BCUT2D eigenvalue weighted by Crippen LogP contribution is -2.25. The van der Waals surface area contributed by atoms with Crippen molar-refractivity contribution in [3.63, 3.8) is 0 Å².